The van der Waals surface area contributed by atoms with Crippen LogP contribution < -0.4 is 11.1 Å². The zero-order chi connectivity index (χ0) is 15.2. The molecule has 4 heteroatoms. The molecule has 1 amide bonds. The Morgan fingerprint density at radius 3 is 2.62 bits per heavy atom. The number of nitrogens with one attached hydrogen (secondary N) is 1. The summed E-state index contributed by atoms with van der Waals surface area (Å²) in [6.45, 7) is 1.84. The zero-order valence-corrected chi connectivity index (χ0v) is 12.0. The molecule has 0 bridgehead atoms. The molecule has 0 aromatic heterocycles. The summed E-state index contributed by atoms with van der Waals surface area (Å²) in [6.07, 6.45) is 1.05. The van der Waals surface area contributed by atoms with E-state index in [0.717, 1.165) is 11.1 Å². The van der Waals surface area contributed by atoms with Crippen molar-refractivity contribution in [2.24, 2.45) is 0 Å². The first kappa shape index (κ1) is 15.0. The highest BCUT2D eigenvalue weighted by atomic mass is 19.1. The van der Waals surface area contributed by atoms with Crippen molar-refractivity contribution in [1.82, 2.24) is 5.32 Å². The maximum atomic E-state index is 13.1. The summed E-state index contributed by atoms with van der Waals surface area (Å²) in [5, 5.41) is 2.87. The molecule has 1 atom stereocenters. The Bertz CT molecular complexity index is 610. The summed E-state index contributed by atoms with van der Waals surface area (Å²) in [5.41, 5.74) is 8.15. The molecular formula is C17H19FN2O. The SMILES string of the molecule is CC(NC(=O)CCc1ccc(N)cc1)c1cccc(F)c1. The molecule has 0 saturated heterocycles. The van der Waals surface area contributed by atoms with Crippen LogP contribution >= 0.6 is 0 Å². The number of amides is 1. The monoisotopic (exact) mass is 286 g/mol. The first-order valence-electron chi connectivity index (χ1n) is 6.94. The van der Waals surface area contributed by atoms with Gasteiger partial charge in [-0.05, 0) is 48.7 Å². The first-order chi connectivity index (χ1) is 10.0. The van der Waals surface area contributed by atoms with E-state index in [1.54, 1.807) is 12.1 Å². The molecule has 0 saturated carbocycles. The van der Waals surface area contributed by atoms with Gasteiger partial charge in [-0.2, -0.15) is 0 Å². The summed E-state index contributed by atoms with van der Waals surface area (Å²) in [6, 6.07) is 13.5. The molecule has 2 rings (SSSR count). The molecule has 0 heterocycles. The van der Waals surface area contributed by atoms with E-state index in [9.17, 15) is 9.18 Å². The Hall–Kier alpha value is -2.36. The lowest BCUT2D eigenvalue weighted by molar-refractivity contribution is -0.121. The summed E-state index contributed by atoms with van der Waals surface area (Å²) in [4.78, 5) is 11.9. The lowest BCUT2D eigenvalue weighted by atomic mass is 10.1. The van der Waals surface area contributed by atoms with Crippen LogP contribution in [0.4, 0.5) is 10.1 Å². The maximum absolute atomic E-state index is 13.1. The molecule has 3 nitrogen and oxygen atoms in total. The molecule has 0 spiro atoms. The van der Waals surface area contributed by atoms with Crippen LogP contribution in [0.15, 0.2) is 48.5 Å². The number of benzene rings is 2. The summed E-state index contributed by atoms with van der Waals surface area (Å²) < 4.78 is 13.1. The van der Waals surface area contributed by atoms with Crippen LogP contribution in [-0.4, -0.2) is 5.91 Å². The molecular weight excluding hydrogens is 267 g/mol. The molecule has 2 aromatic rings. The van der Waals surface area contributed by atoms with Gasteiger partial charge in [0.15, 0.2) is 0 Å². The highest BCUT2D eigenvalue weighted by molar-refractivity contribution is 5.76. The van der Waals surface area contributed by atoms with E-state index in [1.165, 1.54) is 12.1 Å². The van der Waals surface area contributed by atoms with Crippen LogP contribution in [-0.2, 0) is 11.2 Å². The average molecular weight is 286 g/mol. The Labute approximate surface area is 124 Å². The van der Waals surface area contributed by atoms with Gasteiger partial charge in [-0.3, -0.25) is 4.79 Å². The van der Waals surface area contributed by atoms with Crippen molar-refractivity contribution in [3.05, 3.63) is 65.5 Å². The van der Waals surface area contributed by atoms with E-state index in [0.29, 0.717) is 18.5 Å². The van der Waals surface area contributed by atoms with Gasteiger partial charge < -0.3 is 11.1 Å². The number of hydrogen-bond acceptors (Lipinski definition) is 2. The minimum atomic E-state index is -0.296. The quantitative estimate of drug-likeness (QED) is 0.829. The number of nitrogens with two attached hydrogens (primary N) is 1. The first-order valence-corrected chi connectivity index (χ1v) is 6.94. The van der Waals surface area contributed by atoms with Crippen LogP contribution in [0.25, 0.3) is 0 Å². The number of hydrogen-bond donors (Lipinski definition) is 2. The molecule has 0 aliphatic heterocycles. The molecule has 2 aromatic carbocycles. The van der Waals surface area contributed by atoms with E-state index in [4.69, 9.17) is 5.73 Å². The highest BCUT2D eigenvalue weighted by Crippen LogP contribution is 2.14. The largest absolute Gasteiger partial charge is 0.399 e. The summed E-state index contributed by atoms with van der Waals surface area (Å²) >= 11 is 0. The molecule has 110 valence electrons. The molecule has 3 N–H and O–H groups in total. The number of halogens is 1. The van der Waals surface area contributed by atoms with Crippen LogP contribution in [0.5, 0.6) is 0 Å². The summed E-state index contributed by atoms with van der Waals surface area (Å²) in [7, 11) is 0. The Morgan fingerprint density at radius 1 is 1.24 bits per heavy atom. The van der Waals surface area contributed by atoms with Gasteiger partial charge in [-0.1, -0.05) is 24.3 Å². The topological polar surface area (TPSA) is 55.1 Å². The lowest BCUT2D eigenvalue weighted by Gasteiger charge is -2.14. The second-order valence-electron chi connectivity index (χ2n) is 5.09. The molecule has 1 unspecified atom stereocenters. The van der Waals surface area contributed by atoms with Crippen molar-refractivity contribution in [1.29, 1.82) is 0 Å². The van der Waals surface area contributed by atoms with Gasteiger partial charge in [0.25, 0.3) is 0 Å². The summed E-state index contributed by atoms with van der Waals surface area (Å²) in [5.74, 6) is -0.348. The third-order valence-corrected chi connectivity index (χ3v) is 3.35. The van der Waals surface area contributed by atoms with Crippen molar-refractivity contribution in [2.45, 2.75) is 25.8 Å². The van der Waals surface area contributed by atoms with Crippen molar-refractivity contribution in [2.75, 3.05) is 5.73 Å². The second kappa shape index (κ2) is 6.88. The van der Waals surface area contributed by atoms with Crippen molar-refractivity contribution >= 4 is 11.6 Å². The van der Waals surface area contributed by atoms with Gasteiger partial charge in [-0.15, -0.1) is 0 Å². The Balaban J connectivity index is 1.85. The fourth-order valence-electron chi connectivity index (χ4n) is 2.12. The van der Waals surface area contributed by atoms with Gasteiger partial charge in [0.05, 0.1) is 6.04 Å². The molecule has 21 heavy (non-hydrogen) atoms. The predicted molar refractivity (Wildman–Crippen MR) is 82.1 cm³/mol. The van der Waals surface area contributed by atoms with Gasteiger partial charge in [0.1, 0.15) is 5.82 Å². The van der Waals surface area contributed by atoms with Gasteiger partial charge in [-0.25, -0.2) is 4.39 Å². The van der Waals surface area contributed by atoms with Crippen LogP contribution in [0.1, 0.15) is 30.5 Å². The average Bonchev–Trinajstić information content (AvgIpc) is 2.46. The Kier molecular flexibility index (Phi) is 4.93. The van der Waals surface area contributed by atoms with E-state index >= 15 is 0 Å². The second-order valence-corrected chi connectivity index (χ2v) is 5.09. The van der Waals surface area contributed by atoms with Crippen molar-refractivity contribution < 1.29 is 9.18 Å². The van der Waals surface area contributed by atoms with Crippen molar-refractivity contribution in [3.63, 3.8) is 0 Å². The fraction of sp³-hybridized carbons (Fsp3) is 0.235. The third-order valence-electron chi connectivity index (χ3n) is 3.35. The van der Waals surface area contributed by atoms with Crippen LogP contribution in [0.2, 0.25) is 0 Å². The molecule has 0 aliphatic rings. The van der Waals surface area contributed by atoms with Gasteiger partial charge >= 0.3 is 0 Å². The Morgan fingerprint density at radius 2 is 1.95 bits per heavy atom. The minimum Gasteiger partial charge on any atom is -0.399 e. The smallest absolute Gasteiger partial charge is 0.220 e. The lowest BCUT2D eigenvalue weighted by Crippen LogP contribution is -2.26. The standard InChI is InChI=1S/C17H19FN2O/c1-12(14-3-2-4-15(18)11-14)20-17(21)10-7-13-5-8-16(19)9-6-13/h2-6,8-9,11-12H,7,10,19H2,1H3,(H,20,21). The number of carbonyl (C=O) groups excluding carboxylic acids is 1. The van der Waals surface area contributed by atoms with Crippen LogP contribution in [0, 0.1) is 5.82 Å². The molecule has 0 radical (unpaired) electrons. The van der Waals surface area contributed by atoms with Gasteiger partial charge in [0, 0.05) is 12.1 Å². The minimum absolute atomic E-state index is 0.0522. The van der Waals surface area contributed by atoms with E-state index in [1.807, 2.05) is 31.2 Å². The number of rotatable bonds is 5. The van der Waals surface area contributed by atoms with E-state index < -0.39 is 0 Å². The number of anilines is 1. The van der Waals surface area contributed by atoms with E-state index in [-0.39, 0.29) is 17.8 Å². The maximum Gasteiger partial charge on any atom is 0.220 e. The van der Waals surface area contributed by atoms with E-state index in [2.05, 4.69) is 5.32 Å². The fourth-order valence-corrected chi connectivity index (χ4v) is 2.12. The molecule has 0 fully saturated rings. The number of carbonyl (C=O) groups is 1. The number of aryl methyl sites for hydroxylation is 1. The molecule has 0 aliphatic carbocycles. The predicted octanol–water partition coefficient (Wildman–Crippen LogP) is 3.22. The normalized spacial score (nSPS) is 11.9. The van der Waals surface area contributed by atoms with Crippen LogP contribution in [0.3, 0.4) is 0 Å². The zero-order valence-electron chi connectivity index (χ0n) is 12.0. The highest BCUT2D eigenvalue weighted by Gasteiger charge is 2.10. The number of nitrogen functional groups attached to an aromatic ring is 1. The third kappa shape index (κ3) is 4.60. The van der Waals surface area contributed by atoms with Gasteiger partial charge in [0.2, 0.25) is 5.91 Å². The van der Waals surface area contributed by atoms with Crippen molar-refractivity contribution in [3.8, 4) is 0 Å².